The summed E-state index contributed by atoms with van der Waals surface area (Å²) in [5.41, 5.74) is 0. The molecule has 0 saturated carbocycles. The van der Waals surface area contributed by atoms with Gasteiger partial charge in [-0.1, -0.05) is 6.07 Å². The number of anilines is 2. The number of hydrogen-bond donors (Lipinski definition) is 1. The quantitative estimate of drug-likeness (QED) is 0.882. The van der Waals surface area contributed by atoms with Gasteiger partial charge in [0, 0.05) is 31.1 Å². The van der Waals surface area contributed by atoms with E-state index in [4.69, 9.17) is 4.74 Å². The molecule has 2 saturated heterocycles. The first-order valence-electron chi connectivity index (χ1n) is 9.04. The number of morpholine rings is 1. The molecule has 2 aromatic rings. The van der Waals surface area contributed by atoms with Gasteiger partial charge >= 0.3 is 0 Å². The maximum atomic E-state index is 14.2. The molecule has 2 aliphatic rings. The largest absolute Gasteiger partial charge is 0.387 e. The second-order valence-electron chi connectivity index (χ2n) is 6.73. The average Bonchev–Trinajstić information content (AvgIpc) is 3.23. The van der Waals surface area contributed by atoms with Gasteiger partial charge in [0.2, 0.25) is 5.95 Å². The monoisotopic (exact) mass is 378 g/mol. The highest BCUT2D eigenvalue weighted by Crippen LogP contribution is 2.34. The molecule has 1 N–H and O–H groups in total. The van der Waals surface area contributed by atoms with Crippen LogP contribution in [-0.2, 0) is 4.74 Å². The number of aliphatic hydroxyl groups is 1. The molecule has 8 heteroatoms. The maximum absolute atomic E-state index is 14.2. The van der Waals surface area contributed by atoms with Crippen LogP contribution < -0.4 is 9.80 Å². The third kappa shape index (κ3) is 3.67. The van der Waals surface area contributed by atoms with Crippen LogP contribution in [0, 0.1) is 11.7 Å². The van der Waals surface area contributed by atoms with Crippen molar-refractivity contribution in [3.05, 3.63) is 34.4 Å². The second-order valence-corrected chi connectivity index (χ2v) is 7.70. The zero-order valence-corrected chi connectivity index (χ0v) is 15.4. The van der Waals surface area contributed by atoms with Gasteiger partial charge in [0.1, 0.15) is 0 Å². The second kappa shape index (κ2) is 7.85. The van der Waals surface area contributed by atoms with E-state index in [9.17, 15) is 9.50 Å². The Kier molecular flexibility index (Phi) is 5.33. The number of halogens is 1. The van der Waals surface area contributed by atoms with E-state index in [1.165, 1.54) is 6.20 Å². The minimum Gasteiger partial charge on any atom is -0.387 e. The van der Waals surface area contributed by atoms with E-state index in [1.807, 2.05) is 22.4 Å². The summed E-state index contributed by atoms with van der Waals surface area (Å²) in [5.74, 6) is 0.777. The molecule has 1 unspecified atom stereocenters. The number of nitrogens with zero attached hydrogens (tertiary/aromatic N) is 4. The topological polar surface area (TPSA) is 61.7 Å². The molecule has 0 aliphatic carbocycles. The first-order valence-corrected chi connectivity index (χ1v) is 9.92. The highest BCUT2D eigenvalue weighted by molar-refractivity contribution is 7.10. The Morgan fingerprint density at radius 1 is 1.19 bits per heavy atom. The number of piperidine rings is 1. The molecule has 0 bridgehead atoms. The summed E-state index contributed by atoms with van der Waals surface area (Å²) < 4.78 is 19.5. The van der Waals surface area contributed by atoms with Crippen LogP contribution in [0.2, 0.25) is 0 Å². The van der Waals surface area contributed by atoms with E-state index in [2.05, 4.69) is 14.9 Å². The summed E-state index contributed by atoms with van der Waals surface area (Å²) in [6.45, 7) is 3.99. The Bertz CT molecular complexity index is 716. The highest BCUT2D eigenvalue weighted by Gasteiger charge is 2.28. The van der Waals surface area contributed by atoms with Crippen molar-refractivity contribution in [1.29, 1.82) is 0 Å². The number of aromatic nitrogens is 2. The summed E-state index contributed by atoms with van der Waals surface area (Å²) >= 11 is 1.60. The van der Waals surface area contributed by atoms with Crippen molar-refractivity contribution in [2.24, 2.45) is 5.92 Å². The number of rotatable bonds is 4. The lowest BCUT2D eigenvalue weighted by atomic mass is 9.90. The molecule has 2 fully saturated rings. The van der Waals surface area contributed by atoms with Crippen molar-refractivity contribution < 1.29 is 14.2 Å². The Morgan fingerprint density at radius 3 is 2.65 bits per heavy atom. The van der Waals surface area contributed by atoms with Gasteiger partial charge < -0.3 is 19.6 Å². The van der Waals surface area contributed by atoms with Crippen molar-refractivity contribution in [2.75, 3.05) is 49.2 Å². The smallest absolute Gasteiger partial charge is 0.227 e. The van der Waals surface area contributed by atoms with Crippen molar-refractivity contribution in [1.82, 2.24) is 9.97 Å². The molecule has 140 valence electrons. The molecule has 0 aromatic carbocycles. The first-order chi connectivity index (χ1) is 12.7. The minimum atomic E-state index is -0.407. The summed E-state index contributed by atoms with van der Waals surface area (Å²) in [4.78, 5) is 13.7. The summed E-state index contributed by atoms with van der Waals surface area (Å²) in [6, 6.07) is 3.96. The number of ether oxygens (including phenoxy) is 1. The SMILES string of the molecule is OC(c1cccs1)C1CCN(c2ncc(F)c(N3CCOCC3)n2)CC1. The maximum Gasteiger partial charge on any atom is 0.227 e. The molecular formula is C18H23FN4O2S. The van der Waals surface area contributed by atoms with Gasteiger partial charge in [0.15, 0.2) is 11.6 Å². The Morgan fingerprint density at radius 2 is 1.96 bits per heavy atom. The van der Waals surface area contributed by atoms with Crippen LogP contribution in [0.1, 0.15) is 23.8 Å². The van der Waals surface area contributed by atoms with Gasteiger partial charge in [-0.25, -0.2) is 9.37 Å². The van der Waals surface area contributed by atoms with E-state index in [0.29, 0.717) is 38.1 Å². The number of thiophene rings is 1. The molecule has 4 rings (SSSR count). The third-order valence-electron chi connectivity index (χ3n) is 5.13. The van der Waals surface area contributed by atoms with Gasteiger partial charge in [-0.05, 0) is 30.2 Å². The normalized spacial score (nSPS) is 20.4. The minimum absolute atomic E-state index is 0.240. The van der Waals surface area contributed by atoms with Gasteiger partial charge in [0.25, 0.3) is 0 Å². The van der Waals surface area contributed by atoms with E-state index >= 15 is 0 Å². The molecule has 2 aliphatic heterocycles. The molecule has 2 aromatic heterocycles. The molecule has 26 heavy (non-hydrogen) atoms. The van der Waals surface area contributed by atoms with Crippen molar-refractivity contribution >= 4 is 23.1 Å². The van der Waals surface area contributed by atoms with Crippen LogP contribution in [0.4, 0.5) is 16.2 Å². The fourth-order valence-electron chi connectivity index (χ4n) is 3.61. The van der Waals surface area contributed by atoms with Crippen LogP contribution in [0.15, 0.2) is 23.7 Å². The molecule has 1 atom stereocenters. The predicted octanol–water partition coefficient (Wildman–Crippen LogP) is 2.46. The van der Waals surface area contributed by atoms with Gasteiger partial charge in [0.05, 0.1) is 25.5 Å². The molecule has 0 amide bonds. The van der Waals surface area contributed by atoms with Crippen molar-refractivity contribution in [2.45, 2.75) is 18.9 Å². The van der Waals surface area contributed by atoms with Crippen LogP contribution in [0.3, 0.4) is 0 Å². The van der Waals surface area contributed by atoms with Crippen molar-refractivity contribution in [3.63, 3.8) is 0 Å². The fraction of sp³-hybridized carbons (Fsp3) is 0.556. The average molecular weight is 378 g/mol. The van der Waals surface area contributed by atoms with E-state index in [1.54, 1.807) is 11.3 Å². The van der Waals surface area contributed by atoms with Gasteiger partial charge in [-0.3, -0.25) is 0 Å². The lowest BCUT2D eigenvalue weighted by Crippen LogP contribution is -2.39. The molecule has 4 heterocycles. The van der Waals surface area contributed by atoms with Crippen LogP contribution in [-0.4, -0.2) is 54.5 Å². The Hall–Kier alpha value is -1.77. The molecule has 6 nitrogen and oxygen atoms in total. The first kappa shape index (κ1) is 17.6. The summed E-state index contributed by atoms with van der Waals surface area (Å²) in [6.07, 6.45) is 2.59. The van der Waals surface area contributed by atoms with Crippen LogP contribution >= 0.6 is 11.3 Å². The third-order valence-corrected chi connectivity index (χ3v) is 6.07. The number of aliphatic hydroxyl groups excluding tert-OH is 1. The zero-order chi connectivity index (χ0) is 17.9. The van der Waals surface area contributed by atoms with Crippen LogP contribution in [0.5, 0.6) is 0 Å². The van der Waals surface area contributed by atoms with E-state index in [-0.39, 0.29) is 5.92 Å². The van der Waals surface area contributed by atoms with E-state index < -0.39 is 11.9 Å². The molecule has 0 spiro atoms. The lowest BCUT2D eigenvalue weighted by molar-refractivity contribution is 0.0959. The molecule has 0 radical (unpaired) electrons. The molecular weight excluding hydrogens is 355 g/mol. The Labute approximate surface area is 156 Å². The number of hydrogen-bond acceptors (Lipinski definition) is 7. The van der Waals surface area contributed by atoms with Gasteiger partial charge in [-0.2, -0.15) is 4.98 Å². The van der Waals surface area contributed by atoms with Crippen LogP contribution in [0.25, 0.3) is 0 Å². The van der Waals surface area contributed by atoms with Gasteiger partial charge in [-0.15, -0.1) is 11.3 Å². The fourth-order valence-corrected chi connectivity index (χ4v) is 4.41. The predicted molar refractivity (Wildman–Crippen MR) is 99.2 cm³/mol. The zero-order valence-electron chi connectivity index (χ0n) is 14.6. The standard InChI is InChI=1S/C18H23FN4O2S/c19-14-12-20-18(21-17(14)22-7-9-25-10-8-22)23-5-3-13(4-6-23)16(24)15-2-1-11-26-15/h1-2,11-13,16,24H,3-10H2. The van der Waals surface area contributed by atoms with E-state index in [0.717, 1.165) is 30.8 Å². The summed E-state index contributed by atoms with van der Waals surface area (Å²) in [7, 11) is 0. The lowest BCUT2D eigenvalue weighted by Gasteiger charge is -2.34. The highest BCUT2D eigenvalue weighted by atomic mass is 32.1. The Balaban J connectivity index is 1.42. The van der Waals surface area contributed by atoms with Crippen molar-refractivity contribution in [3.8, 4) is 0 Å². The summed E-state index contributed by atoms with van der Waals surface area (Å²) in [5, 5.41) is 12.5.